The van der Waals surface area contributed by atoms with Gasteiger partial charge in [0.25, 0.3) is 0 Å². The molecule has 8 heteroatoms. The van der Waals surface area contributed by atoms with Gasteiger partial charge in [0.1, 0.15) is 12.6 Å². The molecule has 1 atom stereocenters. The highest BCUT2D eigenvalue weighted by atomic mass is 32.2. The number of nitrogens with zero attached hydrogens (tertiary/aromatic N) is 2. The fourth-order valence-corrected chi connectivity index (χ4v) is 4.36. The van der Waals surface area contributed by atoms with Gasteiger partial charge < -0.3 is 10.2 Å². The Bertz CT molecular complexity index is 1070. The summed E-state index contributed by atoms with van der Waals surface area (Å²) in [5.74, 6) is -0.739. The van der Waals surface area contributed by atoms with Crippen LogP contribution in [0.1, 0.15) is 44.4 Å². The SMILES string of the molecule is CCc1ccc(N(CC(=O)N(Cc2cccc(C)c2)[C@H](C)C(=O)NC(C)C)S(C)(=O)=O)cc1. The Labute approximate surface area is 197 Å². The molecule has 7 nitrogen and oxygen atoms in total. The summed E-state index contributed by atoms with van der Waals surface area (Å²) in [6, 6.07) is 13.9. The molecule has 2 aromatic rings. The van der Waals surface area contributed by atoms with Crippen LogP contribution < -0.4 is 9.62 Å². The van der Waals surface area contributed by atoms with Gasteiger partial charge in [-0.15, -0.1) is 0 Å². The second kappa shape index (κ2) is 11.3. The van der Waals surface area contributed by atoms with E-state index in [0.717, 1.165) is 33.7 Å². The highest BCUT2D eigenvalue weighted by Crippen LogP contribution is 2.20. The van der Waals surface area contributed by atoms with E-state index in [0.29, 0.717) is 5.69 Å². The number of carbonyl (C=O) groups excluding carboxylic acids is 2. The van der Waals surface area contributed by atoms with Crippen LogP contribution in [0.5, 0.6) is 0 Å². The molecule has 0 fully saturated rings. The van der Waals surface area contributed by atoms with Crippen molar-refractivity contribution in [3.63, 3.8) is 0 Å². The summed E-state index contributed by atoms with van der Waals surface area (Å²) in [4.78, 5) is 27.6. The van der Waals surface area contributed by atoms with E-state index in [9.17, 15) is 18.0 Å². The second-order valence-electron chi connectivity index (χ2n) is 8.64. The zero-order chi connectivity index (χ0) is 24.8. The van der Waals surface area contributed by atoms with Gasteiger partial charge in [0.2, 0.25) is 21.8 Å². The van der Waals surface area contributed by atoms with Crippen molar-refractivity contribution in [2.24, 2.45) is 0 Å². The molecule has 0 bridgehead atoms. The lowest BCUT2D eigenvalue weighted by atomic mass is 10.1. The molecule has 0 aliphatic heterocycles. The largest absolute Gasteiger partial charge is 0.352 e. The first-order valence-electron chi connectivity index (χ1n) is 11.1. The van der Waals surface area contributed by atoms with Crippen LogP contribution in [0.3, 0.4) is 0 Å². The highest BCUT2D eigenvalue weighted by Gasteiger charge is 2.30. The van der Waals surface area contributed by atoms with Crippen LogP contribution in [0.2, 0.25) is 0 Å². The fraction of sp³-hybridized carbons (Fsp3) is 0.440. The van der Waals surface area contributed by atoms with Crippen molar-refractivity contribution in [3.8, 4) is 0 Å². The zero-order valence-electron chi connectivity index (χ0n) is 20.3. The number of amides is 2. The van der Waals surface area contributed by atoms with E-state index in [1.165, 1.54) is 4.90 Å². The first-order valence-corrected chi connectivity index (χ1v) is 13.0. The first kappa shape index (κ1) is 26.4. The smallest absolute Gasteiger partial charge is 0.244 e. The Morgan fingerprint density at radius 2 is 1.64 bits per heavy atom. The Kier molecular flexibility index (Phi) is 9.05. The van der Waals surface area contributed by atoms with Crippen molar-refractivity contribution < 1.29 is 18.0 Å². The number of carbonyl (C=O) groups is 2. The molecule has 2 rings (SSSR count). The molecule has 0 radical (unpaired) electrons. The fourth-order valence-electron chi connectivity index (χ4n) is 3.51. The molecule has 0 spiro atoms. The normalized spacial score (nSPS) is 12.3. The third kappa shape index (κ3) is 7.60. The minimum Gasteiger partial charge on any atom is -0.352 e. The summed E-state index contributed by atoms with van der Waals surface area (Å²) in [6.45, 7) is 9.13. The Hall–Kier alpha value is -2.87. The Morgan fingerprint density at radius 3 is 2.15 bits per heavy atom. The summed E-state index contributed by atoms with van der Waals surface area (Å²) >= 11 is 0. The molecular formula is C25H35N3O4S. The summed E-state index contributed by atoms with van der Waals surface area (Å²) in [6.07, 6.45) is 1.90. The maximum absolute atomic E-state index is 13.5. The second-order valence-corrected chi connectivity index (χ2v) is 10.5. The van der Waals surface area contributed by atoms with Crippen molar-refractivity contribution in [2.75, 3.05) is 17.1 Å². The number of benzene rings is 2. The van der Waals surface area contributed by atoms with Crippen molar-refractivity contribution >= 4 is 27.5 Å². The molecule has 0 unspecified atom stereocenters. The number of sulfonamides is 1. The quantitative estimate of drug-likeness (QED) is 0.574. The summed E-state index contributed by atoms with van der Waals surface area (Å²) in [7, 11) is -3.73. The van der Waals surface area contributed by atoms with E-state index in [1.54, 1.807) is 19.1 Å². The number of hydrogen-bond donors (Lipinski definition) is 1. The van der Waals surface area contributed by atoms with E-state index in [2.05, 4.69) is 5.32 Å². The van der Waals surface area contributed by atoms with Gasteiger partial charge in [0.05, 0.1) is 11.9 Å². The van der Waals surface area contributed by atoms with Gasteiger partial charge in [0.15, 0.2) is 0 Å². The standard InChI is InChI=1S/C25H35N3O4S/c1-7-21-11-13-23(14-12-21)28(33(6,31)32)17-24(29)27(20(5)25(30)26-18(2)3)16-22-10-8-9-19(4)15-22/h8-15,18,20H,7,16-17H2,1-6H3,(H,26,30)/t20-/m1/s1. The number of nitrogens with one attached hydrogen (secondary N) is 1. The van der Waals surface area contributed by atoms with Gasteiger partial charge in [0, 0.05) is 12.6 Å². The van der Waals surface area contributed by atoms with E-state index >= 15 is 0 Å². The summed E-state index contributed by atoms with van der Waals surface area (Å²) < 4.78 is 26.2. The van der Waals surface area contributed by atoms with Crippen LogP contribution in [0, 0.1) is 6.92 Å². The van der Waals surface area contributed by atoms with Gasteiger partial charge in [-0.2, -0.15) is 0 Å². The van der Waals surface area contributed by atoms with Crippen molar-refractivity contribution in [2.45, 2.75) is 59.7 Å². The maximum atomic E-state index is 13.5. The molecule has 180 valence electrons. The van der Waals surface area contributed by atoms with Crippen LogP contribution in [-0.4, -0.2) is 50.0 Å². The van der Waals surface area contributed by atoms with Crippen LogP contribution in [-0.2, 0) is 32.6 Å². The van der Waals surface area contributed by atoms with Gasteiger partial charge >= 0.3 is 0 Å². The van der Waals surface area contributed by atoms with Gasteiger partial charge in [-0.05, 0) is 57.4 Å². The summed E-state index contributed by atoms with van der Waals surface area (Å²) in [5.41, 5.74) is 3.38. The molecule has 0 aliphatic rings. The van der Waals surface area contributed by atoms with E-state index in [1.807, 2.05) is 64.1 Å². The van der Waals surface area contributed by atoms with Crippen LogP contribution in [0.4, 0.5) is 5.69 Å². The lowest BCUT2D eigenvalue weighted by molar-refractivity contribution is -0.139. The predicted molar refractivity (Wildman–Crippen MR) is 132 cm³/mol. The van der Waals surface area contributed by atoms with Crippen LogP contribution >= 0.6 is 0 Å². The molecule has 0 aromatic heterocycles. The van der Waals surface area contributed by atoms with Crippen molar-refractivity contribution in [3.05, 3.63) is 65.2 Å². The molecule has 0 aliphatic carbocycles. The zero-order valence-corrected chi connectivity index (χ0v) is 21.1. The van der Waals surface area contributed by atoms with Gasteiger partial charge in [-0.1, -0.05) is 48.9 Å². The summed E-state index contributed by atoms with van der Waals surface area (Å²) in [5, 5.41) is 2.84. The van der Waals surface area contributed by atoms with Crippen LogP contribution in [0.15, 0.2) is 48.5 Å². The molecule has 2 aromatic carbocycles. The van der Waals surface area contributed by atoms with E-state index < -0.39 is 28.5 Å². The molecule has 2 amide bonds. The topological polar surface area (TPSA) is 86.8 Å². The van der Waals surface area contributed by atoms with Gasteiger partial charge in [-0.25, -0.2) is 8.42 Å². The van der Waals surface area contributed by atoms with E-state index in [-0.39, 0.29) is 18.5 Å². The molecule has 33 heavy (non-hydrogen) atoms. The Balaban J connectivity index is 2.38. The van der Waals surface area contributed by atoms with E-state index in [4.69, 9.17) is 0 Å². The molecular weight excluding hydrogens is 438 g/mol. The molecule has 0 saturated carbocycles. The minimum absolute atomic E-state index is 0.0829. The lowest BCUT2D eigenvalue weighted by Crippen LogP contribution is -2.52. The van der Waals surface area contributed by atoms with Crippen LogP contribution in [0.25, 0.3) is 0 Å². The van der Waals surface area contributed by atoms with Crippen molar-refractivity contribution in [1.82, 2.24) is 10.2 Å². The minimum atomic E-state index is -3.73. The molecule has 1 N–H and O–H groups in total. The molecule has 0 heterocycles. The average molecular weight is 474 g/mol. The third-order valence-corrected chi connectivity index (χ3v) is 6.49. The lowest BCUT2D eigenvalue weighted by Gasteiger charge is -2.32. The maximum Gasteiger partial charge on any atom is 0.244 e. The number of anilines is 1. The molecule has 0 saturated heterocycles. The first-order chi connectivity index (χ1) is 15.4. The third-order valence-electron chi connectivity index (χ3n) is 5.35. The monoisotopic (exact) mass is 473 g/mol. The Morgan fingerprint density at radius 1 is 1.00 bits per heavy atom. The van der Waals surface area contributed by atoms with Crippen molar-refractivity contribution in [1.29, 1.82) is 0 Å². The average Bonchev–Trinajstić information content (AvgIpc) is 2.74. The van der Waals surface area contributed by atoms with Gasteiger partial charge in [-0.3, -0.25) is 13.9 Å². The predicted octanol–water partition coefficient (Wildman–Crippen LogP) is 3.27. The number of rotatable bonds is 10. The highest BCUT2D eigenvalue weighted by molar-refractivity contribution is 7.92. The number of aryl methyl sites for hydroxylation is 2. The number of hydrogen-bond acceptors (Lipinski definition) is 4.